The van der Waals surface area contributed by atoms with Crippen molar-refractivity contribution in [2.24, 2.45) is 0 Å². The van der Waals surface area contributed by atoms with Crippen LogP contribution in [0, 0.1) is 0 Å². The fourth-order valence-corrected chi connectivity index (χ4v) is 9.98. The van der Waals surface area contributed by atoms with Gasteiger partial charge >= 0.3 is 0 Å². The van der Waals surface area contributed by atoms with Crippen molar-refractivity contribution in [1.82, 2.24) is 9.13 Å². The van der Waals surface area contributed by atoms with Crippen LogP contribution in [0.15, 0.2) is 194 Å². The molecule has 0 amide bonds. The molecule has 0 spiro atoms. The first-order valence-electron chi connectivity index (χ1n) is 19.4. The van der Waals surface area contributed by atoms with E-state index in [1.807, 2.05) is 0 Å². The van der Waals surface area contributed by atoms with Crippen molar-refractivity contribution in [3.63, 3.8) is 0 Å². The normalized spacial score (nSPS) is 12.3. The molecule has 0 N–H and O–H groups in total. The van der Waals surface area contributed by atoms with E-state index in [0.717, 1.165) is 0 Å². The number of aromatic nitrogens is 2. The van der Waals surface area contributed by atoms with E-state index in [4.69, 9.17) is 0 Å². The molecule has 56 heavy (non-hydrogen) atoms. The van der Waals surface area contributed by atoms with Gasteiger partial charge in [0, 0.05) is 38.3 Å². The van der Waals surface area contributed by atoms with Gasteiger partial charge in [0.05, 0.1) is 22.1 Å². The minimum Gasteiger partial charge on any atom is -0.309 e. The molecule has 13 rings (SSSR count). The van der Waals surface area contributed by atoms with E-state index < -0.39 is 0 Å². The maximum atomic E-state index is 2.52. The highest BCUT2D eigenvalue weighted by atomic mass is 15.0. The van der Waals surface area contributed by atoms with Gasteiger partial charge in [-0.05, 0) is 115 Å². The molecule has 10 aromatic carbocycles. The Bertz CT molecular complexity index is 3640. The summed E-state index contributed by atoms with van der Waals surface area (Å²) in [4.78, 5) is 0. The molecular formula is C54H32N2. The summed E-state index contributed by atoms with van der Waals surface area (Å²) in [5, 5.41) is 12.7. The van der Waals surface area contributed by atoms with Gasteiger partial charge in [0.2, 0.25) is 0 Å². The van der Waals surface area contributed by atoms with Crippen LogP contribution in [0.5, 0.6) is 0 Å². The van der Waals surface area contributed by atoms with E-state index in [0.29, 0.717) is 0 Å². The monoisotopic (exact) mass is 708 g/mol. The molecule has 0 saturated carbocycles. The van der Waals surface area contributed by atoms with E-state index in [-0.39, 0.29) is 0 Å². The second kappa shape index (κ2) is 11.1. The molecule has 12 aromatic rings. The SMILES string of the molecule is c1ccc(-n2c3ccc(-c4ccc5c(c4)c4ccc6ccccc6c4n5-c4cc5c6c(cccc6c4)-c4ccccc4-5)cc3c3c4ccccc4ccc32)cc1. The third-order valence-corrected chi connectivity index (χ3v) is 12.4. The molecule has 2 heterocycles. The lowest BCUT2D eigenvalue weighted by Crippen LogP contribution is -1.95. The second-order valence-electron chi connectivity index (χ2n) is 15.3. The largest absolute Gasteiger partial charge is 0.309 e. The van der Waals surface area contributed by atoms with Gasteiger partial charge in [-0.3, -0.25) is 0 Å². The molecule has 0 atom stereocenters. The highest BCUT2D eigenvalue weighted by molar-refractivity contribution is 6.23. The zero-order valence-corrected chi connectivity index (χ0v) is 30.4. The Labute approximate surface area is 322 Å². The van der Waals surface area contributed by atoms with Crippen molar-refractivity contribution >= 4 is 75.9 Å². The number of rotatable bonds is 3. The highest BCUT2D eigenvalue weighted by Crippen LogP contribution is 2.49. The number of hydrogen-bond donors (Lipinski definition) is 0. The van der Waals surface area contributed by atoms with Crippen molar-refractivity contribution in [1.29, 1.82) is 0 Å². The summed E-state index contributed by atoms with van der Waals surface area (Å²) in [5.41, 5.74) is 14.9. The molecule has 0 fully saturated rings. The fourth-order valence-electron chi connectivity index (χ4n) is 9.98. The summed E-state index contributed by atoms with van der Waals surface area (Å²) < 4.78 is 4.93. The van der Waals surface area contributed by atoms with Crippen LogP contribution in [0.1, 0.15) is 0 Å². The van der Waals surface area contributed by atoms with Gasteiger partial charge in [-0.2, -0.15) is 0 Å². The fraction of sp³-hybridized carbons (Fsp3) is 0. The van der Waals surface area contributed by atoms with Crippen LogP contribution in [-0.2, 0) is 0 Å². The average molecular weight is 709 g/mol. The average Bonchev–Trinajstić information content (AvgIpc) is 3.90. The summed E-state index contributed by atoms with van der Waals surface area (Å²) in [5.74, 6) is 0. The molecule has 2 heteroatoms. The first kappa shape index (κ1) is 30.0. The summed E-state index contributed by atoms with van der Waals surface area (Å²) in [6.07, 6.45) is 0. The maximum absolute atomic E-state index is 2.52. The van der Waals surface area contributed by atoms with Gasteiger partial charge in [-0.15, -0.1) is 0 Å². The lowest BCUT2D eigenvalue weighted by atomic mass is 9.98. The van der Waals surface area contributed by atoms with Crippen LogP contribution in [-0.4, -0.2) is 9.13 Å². The quantitative estimate of drug-likeness (QED) is 0.173. The molecule has 0 saturated heterocycles. The Kier molecular flexibility index (Phi) is 5.92. The van der Waals surface area contributed by atoms with Gasteiger partial charge in [0.15, 0.2) is 0 Å². The molecule has 0 bridgehead atoms. The molecular weight excluding hydrogens is 677 g/mol. The molecule has 1 aliphatic carbocycles. The van der Waals surface area contributed by atoms with Gasteiger partial charge in [0.1, 0.15) is 0 Å². The van der Waals surface area contributed by atoms with E-state index in [1.165, 1.54) is 121 Å². The molecule has 0 aliphatic heterocycles. The standard InChI is InChI=1S/C54H32N2/c1-2-14-38(15-3-1)55-50-27-24-36(31-48(50)53-40-16-6-4-11-33(40)22-28-51(53)55)35-23-26-49-46(30-35)45-25-21-34-12-5-7-17-41(34)54(45)56(49)39-29-37-13-10-20-44-42-18-8-9-19-43(42)47(32-39)52(37)44/h1-32H. The smallest absolute Gasteiger partial charge is 0.0619 e. The number of benzene rings is 10. The predicted molar refractivity (Wildman–Crippen MR) is 238 cm³/mol. The van der Waals surface area contributed by atoms with Crippen LogP contribution in [0.25, 0.3) is 121 Å². The van der Waals surface area contributed by atoms with Crippen molar-refractivity contribution < 1.29 is 0 Å². The lowest BCUT2D eigenvalue weighted by Gasteiger charge is -2.13. The minimum absolute atomic E-state index is 1.17. The molecule has 2 aromatic heterocycles. The molecule has 0 unspecified atom stereocenters. The molecule has 0 radical (unpaired) electrons. The van der Waals surface area contributed by atoms with E-state index in [9.17, 15) is 0 Å². The number of nitrogens with zero attached hydrogens (tertiary/aromatic N) is 2. The Morgan fingerprint density at radius 3 is 1.70 bits per heavy atom. The molecule has 258 valence electrons. The minimum atomic E-state index is 1.17. The van der Waals surface area contributed by atoms with Crippen molar-refractivity contribution in [2.45, 2.75) is 0 Å². The summed E-state index contributed by atoms with van der Waals surface area (Å²) >= 11 is 0. The third kappa shape index (κ3) is 4.00. The highest BCUT2D eigenvalue weighted by Gasteiger charge is 2.24. The Hall–Kier alpha value is -7.42. The van der Waals surface area contributed by atoms with E-state index >= 15 is 0 Å². The van der Waals surface area contributed by atoms with Gasteiger partial charge in [-0.25, -0.2) is 0 Å². The summed E-state index contributed by atoms with van der Waals surface area (Å²) in [6.45, 7) is 0. The van der Waals surface area contributed by atoms with Crippen LogP contribution in [0.4, 0.5) is 0 Å². The van der Waals surface area contributed by atoms with Crippen LogP contribution < -0.4 is 0 Å². The van der Waals surface area contributed by atoms with E-state index in [2.05, 4.69) is 203 Å². The maximum Gasteiger partial charge on any atom is 0.0619 e. The van der Waals surface area contributed by atoms with Crippen molar-refractivity contribution in [3.05, 3.63) is 194 Å². The number of hydrogen-bond acceptors (Lipinski definition) is 0. The lowest BCUT2D eigenvalue weighted by molar-refractivity contribution is 1.18. The number of para-hydroxylation sites is 1. The van der Waals surface area contributed by atoms with Crippen molar-refractivity contribution in [3.8, 4) is 44.8 Å². The Morgan fingerprint density at radius 2 is 0.875 bits per heavy atom. The topological polar surface area (TPSA) is 9.86 Å². The van der Waals surface area contributed by atoms with Crippen LogP contribution in [0.3, 0.4) is 0 Å². The molecule has 2 nitrogen and oxygen atoms in total. The zero-order valence-electron chi connectivity index (χ0n) is 30.4. The zero-order chi connectivity index (χ0) is 36.5. The van der Waals surface area contributed by atoms with E-state index in [1.54, 1.807) is 0 Å². The molecule has 1 aliphatic rings. The first-order valence-corrected chi connectivity index (χ1v) is 19.4. The second-order valence-corrected chi connectivity index (χ2v) is 15.3. The van der Waals surface area contributed by atoms with Gasteiger partial charge < -0.3 is 9.13 Å². The van der Waals surface area contributed by atoms with Crippen molar-refractivity contribution in [2.75, 3.05) is 0 Å². The Morgan fingerprint density at radius 1 is 0.268 bits per heavy atom. The summed E-state index contributed by atoms with van der Waals surface area (Å²) in [7, 11) is 0. The van der Waals surface area contributed by atoms with Gasteiger partial charge in [0.25, 0.3) is 0 Å². The van der Waals surface area contributed by atoms with Crippen LogP contribution >= 0.6 is 0 Å². The van der Waals surface area contributed by atoms with Crippen LogP contribution in [0.2, 0.25) is 0 Å². The first-order chi connectivity index (χ1) is 27.8. The summed E-state index contributed by atoms with van der Waals surface area (Å²) in [6, 6.07) is 72.1. The third-order valence-electron chi connectivity index (χ3n) is 12.4. The Balaban J connectivity index is 1.08. The predicted octanol–water partition coefficient (Wildman–Crippen LogP) is 14.7. The number of fused-ring (bicyclic) bond motifs is 13. The van der Waals surface area contributed by atoms with Gasteiger partial charge in [-0.1, -0.05) is 140 Å².